The number of furan rings is 2. The van der Waals surface area contributed by atoms with E-state index in [2.05, 4.69) is 20.7 Å². The van der Waals surface area contributed by atoms with Gasteiger partial charge in [0.25, 0.3) is 5.91 Å². The summed E-state index contributed by atoms with van der Waals surface area (Å²) in [6, 6.07) is 12.9. The number of amides is 2. The van der Waals surface area contributed by atoms with Crippen LogP contribution in [0.25, 0.3) is 11.4 Å². The lowest BCUT2D eigenvalue weighted by atomic mass is 10.1. The van der Waals surface area contributed by atoms with Gasteiger partial charge in [0, 0.05) is 18.7 Å². The maximum atomic E-state index is 13.7. The van der Waals surface area contributed by atoms with Crippen molar-refractivity contribution in [3.05, 3.63) is 72.6 Å². The SMILES string of the molecule is COc1ccc(-c2nnn(CC(=O)N(Cc3ccco3)[C@H](C(=O)NC[C@H]3CCCO3)c3ccco3)n2)cc1. The largest absolute Gasteiger partial charge is 0.497 e. The van der Waals surface area contributed by atoms with Crippen molar-refractivity contribution in [2.45, 2.75) is 38.1 Å². The first kappa shape index (κ1) is 25.2. The molecule has 5 rings (SSSR count). The third-order valence-corrected chi connectivity index (χ3v) is 6.21. The predicted molar refractivity (Wildman–Crippen MR) is 132 cm³/mol. The van der Waals surface area contributed by atoms with Gasteiger partial charge < -0.3 is 28.5 Å². The van der Waals surface area contributed by atoms with Crippen LogP contribution in [0.1, 0.15) is 30.4 Å². The average Bonchev–Trinajstić information content (AvgIpc) is 3.76. The van der Waals surface area contributed by atoms with Crippen LogP contribution >= 0.6 is 0 Å². The fraction of sp³-hybridized carbons (Fsp3) is 0.346. The quantitative estimate of drug-likeness (QED) is 0.316. The molecule has 4 aromatic rings. The fourth-order valence-corrected chi connectivity index (χ4v) is 4.26. The molecule has 1 saturated heterocycles. The van der Waals surface area contributed by atoms with Crippen LogP contribution in [-0.4, -0.2) is 63.3 Å². The Kier molecular flexibility index (Phi) is 7.78. The molecule has 198 valence electrons. The number of rotatable bonds is 11. The molecule has 0 unspecified atom stereocenters. The van der Waals surface area contributed by atoms with Crippen LogP contribution in [0.2, 0.25) is 0 Å². The molecular weight excluding hydrogens is 492 g/mol. The first-order valence-electron chi connectivity index (χ1n) is 12.3. The highest BCUT2D eigenvalue weighted by atomic mass is 16.5. The number of hydrogen-bond acceptors (Lipinski definition) is 9. The predicted octanol–water partition coefficient (Wildman–Crippen LogP) is 2.60. The molecule has 0 bridgehead atoms. The Bertz CT molecular complexity index is 1310. The van der Waals surface area contributed by atoms with E-state index in [9.17, 15) is 9.59 Å². The molecule has 12 nitrogen and oxygen atoms in total. The second-order valence-electron chi connectivity index (χ2n) is 8.77. The molecule has 1 N–H and O–H groups in total. The first-order chi connectivity index (χ1) is 18.6. The second-order valence-corrected chi connectivity index (χ2v) is 8.77. The monoisotopic (exact) mass is 520 g/mol. The zero-order valence-electron chi connectivity index (χ0n) is 20.9. The number of nitrogens with one attached hydrogen (secondary N) is 1. The van der Waals surface area contributed by atoms with Crippen LogP contribution in [0.15, 0.2) is 69.9 Å². The van der Waals surface area contributed by atoms with Gasteiger partial charge in [-0.25, -0.2) is 0 Å². The van der Waals surface area contributed by atoms with Crippen molar-refractivity contribution in [1.29, 1.82) is 0 Å². The Labute approximate surface area is 218 Å². The van der Waals surface area contributed by atoms with Crippen molar-refractivity contribution < 1.29 is 27.9 Å². The summed E-state index contributed by atoms with van der Waals surface area (Å²) in [6.45, 7) is 0.800. The van der Waals surface area contributed by atoms with E-state index in [0.29, 0.717) is 36.2 Å². The minimum absolute atomic E-state index is 0.0323. The van der Waals surface area contributed by atoms with Crippen molar-refractivity contribution in [3.63, 3.8) is 0 Å². The van der Waals surface area contributed by atoms with Gasteiger partial charge in [-0.1, -0.05) is 0 Å². The summed E-state index contributed by atoms with van der Waals surface area (Å²) in [6.07, 6.45) is 4.74. The summed E-state index contributed by atoms with van der Waals surface area (Å²) in [5.74, 6) is 1.07. The summed E-state index contributed by atoms with van der Waals surface area (Å²) in [7, 11) is 1.59. The molecule has 2 atom stereocenters. The molecule has 38 heavy (non-hydrogen) atoms. The number of carbonyl (C=O) groups excluding carboxylic acids is 2. The molecule has 0 spiro atoms. The molecule has 0 aliphatic carbocycles. The van der Waals surface area contributed by atoms with E-state index in [1.165, 1.54) is 22.2 Å². The highest BCUT2D eigenvalue weighted by Crippen LogP contribution is 2.25. The van der Waals surface area contributed by atoms with Gasteiger partial charge >= 0.3 is 0 Å². The van der Waals surface area contributed by atoms with Crippen molar-refractivity contribution in [2.75, 3.05) is 20.3 Å². The molecule has 0 radical (unpaired) electrons. The Morgan fingerprint density at radius 2 is 1.97 bits per heavy atom. The Morgan fingerprint density at radius 3 is 2.66 bits per heavy atom. The number of methoxy groups -OCH3 is 1. The van der Waals surface area contributed by atoms with E-state index in [-0.39, 0.29) is 25.1 Å². The standard InChI is InChI=1S/C26H28N6O6/c1-35-19-10-8-18(9-11-19)25-28-30-32(29-25)17-23(33)31(16-21-6-3-13-37-21)24(22-7-4-14-38-22)26(34)27-15-20-5-2-12-36-20/h3-4,6-11,13-14,20,24H,2,5,12,15-17H2,1H3,(H,27,34)/t20-,24+/m1/s1. The molecule has 4 heterocycles. The fourth-order valence-electron chi connectivity index (χ4n) is 4.26. The zero-order valence-corrected chi connectivity index (χ0v) is 20.9. The second kappa shape index (κ2) is 11.7. The number of tetrazole rings is 1. The van der Waals surface area contributed by atoms with Gasteiger partial charge in [-0.2, -0.15) is 4.80 Å². The summed E-state index contributed by atoms with van der Waals surface area (Å²) in [4.78, 5) is 29.7. The van der Waals surface area contributed by atoms with Crippen molar-refractivity contribution in [3.8, 4) is 17.1 Å². The Hall–Kier alpha value is -4.45. The molecule has 0 saturated carbocycles. The van der Waals surface area contributed by atoms with Crippen LogP contribution in [0.3, 0.4) is 0 Å². The van der Waals surface area contributed by atoms with E-state index >= 15 is 0 Å². The molecule has 2 amide bonds. The Morgan fingerprint density at radius 1 is 1.16 bits per heavy atom. The van der Waals surface area contributed by atoms with Crippen LogP contribution in [0.4, 0.5) is 0 Å². The number of carbonyl (C=O) groups is 2. The van der Waals surface area contributed by atoms with Crippen LogP contribution in [-0.2, 0) is 27.4 Å². The number of ether oxygens (including phenoxy) is 2. The third-order valence-electron chi connectivity index (χ3n) is 6.21. The topological polar surface area (TPSA) is 138 Å². The Balaban J connectivity index is 1.37. The smallest absolute Gasteiger partial charge is 0.250 e. The zero-order chi connectivity index (χ0) is 26.3. The van der Waals surface area contributed by atoms with E-state index in [4.69, 9.17) is 18.3 Å². The highest BCUT2D eigenvalue weighted by Gasteiger charge is 2.35. The maximum absolute atomic E-state index is 13.7. The van der Waals surface area contributed by atoms with Crippen LogP contribution < -0.4 is 10.1 Å². The lowest BCUT2D eigenvalue weighted by Gasteiger charge is -2.29. The lowest BCUT2D eigenvalue weighted by Crippen LogP contribution is -2.46. The molecular formula is C26H28N6O6. The number of aromatic nitrogens is 4. The summed E-state index contributed by atoms with van der Waals surface area (Å²) < 4.78 is 21.9. The van der Waals surface area contributed by atoms with E-state index in [1.54, 1.807) is 55.6 Å². The van der Waals surface area contributed by atoms with Gasteiger partial charge in [-0.3, -0.25) is 9.59 Å². The summed E-state index contributed by atoms with van der Waals surface area (Å²) >= 11 is 0. The van der Waals surface area contributed by atoms with Crippen molar-refractivity contribution >= 4 is 11.8 Å². The highest BCUT2D eigenvalue weighted by molar-refractivity contribution is 5.88. The molecule has 1 aliphatic rings. The van der Waals surface area contributed by atoms with Gasteiger partial charge in [-0.15, -0.1) is 10.2 Å². The number of benzene rings is 1. The lowest BCUT2D eigenvalue weighted by molar-refractivity contribution is -0.143. The van der Waals surface area contributed by atoms with Gasteiger partial charge in [0.1, 0.15) is 23.8 Å². The van der Waals surface area contributed by atoms with Crippen LogP contribution in [0.5, 0.6) is 5.75 Å². The number of nitrogens with zero attached hydrogens (tertiary/aromatic N) is 5. The molecule has 1 aromatic carbocycles. The van der Waals surface area contributed by atoms with Crippen molar-refractivity contribution in [2.24, 2.45) is 0 Å². The molecule has 1 aliphatic heterocycles. The molecule has 12 heteroatoms. The van der Waals surface area contributed by atoms with Gasteiger partial charge in [0.15, 0.2) is 6.04 Å². The van der Waals surface area contributed by atoms with Gasteiger partial charge in [0.2, 0.25) is 11.7 Å². The normalized spacial score (nSPS) is 15.8. The minimum atomic E-state index is -1.05. The summed E-state index contributed by atoms with van der Waals surface area (Å²) in [5, 5.41) is 15.4. The number of hydrogen-bond donors (Lipinski definition) is 1. The van der Waals surface area contributed by atoms with Gasteiger partial charge in [-0.05, 0) is 66.6 Å². The van der Waals surface area contributed by atoms with Crippen molar-refractivity contribution in [1.82, 2.24) is 30.4 Å². The van der Waals surface area contributed by atoms with E-state index < -0.39 is 11.9 Å². The first-order valence-corrected chi connectivity index (χ1v) is 12.3. The molecule has 1 fully saturated rings. The average molecular weight is 521 g/mol. The third kappa shape index (κ3) is 5.92. The maximum Gasteiger partial charge on any atom is 0.250 e. The van der Waals surface area contributed by atoms with Crippen LogP contribution in [0, 0.1) is 0 Å². The van der Waals surface area contributed by atoms with E-state index in [1.807, 2.05) is 0 Å². The van der Waals surface area contributed by atoms with Gasteiger partial charge in [0.05, 0.1) is 32.3 Å². The minimum Gasteiger partial charge on any atom is -0.497 e. The van der Waals surface area contributed by atoms with E-state index in [0.717, 1.165) is 18.4 Å². The summed E-state index contributed by atoms with van der Waals surface area (Å²) in [5.41, 5.74) is 0.721. The molecule has 3 aromatic heterocycles.